The molecule has 3 rings (SSSR count). The second-order valence-corrected chi connectivity index (χ2v) is 9.11. The average Bonchev–Trinajstić information content (AvgIpc) is 3.07. The Bertz CT molecular complexity index is 784. The van der Waals surface area contributed by atoms with E-state index in [-0.39, 0.29) is 11.9 Å². The van der Waals surface area contributed by atoms with Crippen LogP contribution in [0, 0.1) is 0 Å². The van der Waals surface area contributed by atoms with Crippen LogP contribution in [-0.2, 0) is 6.42 Å². The number of amides is 1. The van der Waals surface area contributed by atoms with Crippen molar-refractivity contribution >= 4 is 40.4 Å². The molecule has 1 heterocycles. The SMILES string of the molecule is CCCCCc1sc(C(=O)NC2CCCCC2)nc1-c1ccc(Cl)cc1Cl. The summed E-state index contributed by atoms with van der Waals surface area (Å²) in [5.74, 6) is -0.0556. The first-order valence-corrected chi connectivity index (χ1v) is 11.4. The van der Waals surface area contributed by atoms with Crippen LogP contribution >= 0.6 is 34.5 Å². The minimum Gasteiger partial charge on any atom is -0.347 e. The highest BCUT2D eigenvalue weighted by molar-refractivity contribution is 7.14. The smallest absolute Gasteiger partial charge is 0.280 e. The molecule has 3 nitrogen and oxygen atoms in total. The molecule has 6 heteroatoms. The summed E-state index contributed by atoms with van der Waals surface area (Å²) in [4.78, 5) is 18.6. The zero-order valence-electron chi connectivity index (χ0n) is 15.7. The highest BCUT2D eigenvalue weighted by Crippen LogP contribution is 2.35. The van der Waals surface area contributed by atoms with Crippen LogP contribution in [0.3, 0.4) is 0 Å². The van der Waals surface area contributed by atoms with Gasteiger partial charge in [0.15, 0.2) is 5.01 Å². The van der Waals surface area contributed by atoms with Gasteiger partial charge in [0, 0.05) is 21.5 Å². The van der Waals surface area contributed by atoms with Crippen molar-refractivity contribution in [2.45, 2.75) is 70.8 Å². The monoisotopic (exact) mass is 424 g/mol. The topological polar surface area (TPSA) is 42.0 Å². The lowest BCUT2D eigenvalue weighted by atomic mass is 9.95. The van der Waals surface area contributed by atoms with Crippen molar-refractivity contribution < 1.29 is 4.79 Å². The van der Waals surface area contributed by atoms with Crippen molar-refractivity contribution in [3.05, 3.63) is 38.1 Å². The fourth-order valence-electron chi connectivity index (χ4n) is 3.54. The molecule has 0 aliphatic heterocycles. The molecule has 0 atom stereocenters. The minimum absolute atomic E-state index is 0.0556. The number of thiazole rings is 1. The van der Waals surface area contributed by atoms with Crippen LogP contribution in [0.2, 0.25) is 10.0 Å². The molecule has 1 N–H and O–H groups in total. The number of hydrogen-bond donors (Lipinski definition) is 1. The van der Waals surface area contributed by atoms with Crippen LogP contribution in [0.25, 0.3) is 11.3 Å². The molecule has 1 aromatic carbocycles. The van der Waals surface area contributed by atoms with Gasteiger partial charge < -0.3 is 5.32 Å². The number of rotatable bonds is 7. The minimum atomic E-state index is -0.0556. The van der Waals surface area contributed by atoms with Crippen LogP contribution < -0.4 is 5.32 Å². The Hall–Kier alpha value is -1.10. The number of nitrogens with one attached hydrogen (secondary N) is 1. The van der Waals surface area contributed by atoms with Gasteiger partial charge in [0.2, 0.25) is 0 Å². The molecule has 1 saturated carbocycles. The van der Waals surface area contributed by atoms with Crippen molar-refractivity contribution in [2.75, 3.05) is 0 Å². The number of aryl methyl sites for hydroxylation is 1. The maximum atomic E-state index is 12.8. The Kier molecular flexibility index (Phi) is 7.57. The Morgan fingerprint density at radius 2 is 2.00 bits per heavy atom. The molecule has 1 aromatic heterocycles. The standard InChI is InChI=1S/C21H26Cl2N2OS/c1-2-3-5-10-18-19(16-12-11-14(22)13-17(16)23)25-21(27-18)20(26)24-15-8-6-4-7-9-15/h11-13,15H,2-10H2,1H3,(H,24,26). The Labute approximate surface area is 175 Å². The van der Waals surface area contributed by atoms with Gasteiger partial charge in [0.05, 0.1) is 10.7 Å². The number of unbranched alkanes of at least 4 members (excludes halogenated alkanes) is 2. The number of nitrogens with zero attached hydrogens (tertiary/aromatic N) is 1. The molecule has 0 bridgehead atoms. The van der Waals surface area contributed by atoms with E-state index in [4.69, 9.17) is 28.2 Å². The first-order chi connectivity index (χ1) is 13.1. The molecule has 1 amide bonds. The van der Waals surface area contributed by atoms with E-state index in [1.165, 1.54) is 30.6 Å². The van der Waals surface area contributed by atoms with E-state index in [0.29, 0.717) is 15.1 Å². The largest absolute Gasteiger partial charge is 0.347 e. The van der Waals surface area contributed by atoms with E-state index in [1.807, 2.05) is 12.1 Å². The fraction of sp³-hybridized carbons (Fsp3) is 0.524. The van der Waals surface area contributed by atoms with Crippen LogP contribution in [0.1, 0.15) is 73.0 Å². The first kappa shape index (κ1) is 20.6. The average molecular weight is 425 g/mol. The molecule has 1 fully saturated rings. The van der Waals surface area contributed by atoms with Gasteiger partial charge in [-0.05, 0) is 43.9 Å². The van der Waals surface area contributed by atoms with Gasteiger partial charge in [0.1, 0.15) is 0 Å². The van der Waals surface area contributed by atoms with Gasteiger partial charge in [-0.1, -0.05) is 62.2 Å². The number of aromatic nitrogens is 1. The summed E-state index contributed by atoms with van der Waals surface area (Å²) in [7, 11) is 0. The summed E-state index contributed by atoms with van der Waals surface area (Å²) < 4.78 is 0. The highest BCUT2D eigenvalue weighted by Gasteiger charge is 2.22. The molecule has 146 valence electrons. The van der Waals surface area contributed by atoms with Crippen LogP contribution in [0.5, 0.6) is 0 Å². The molecular weight excluding hydrogens is 399 g/mol. The third-order valence-electron chi connectivity index (χ3n) is 5.03. The third kappa shape index (κ3) is 5.46. The van der Waals surface area contributed by atoms with Crippen LogP contribution in [-0.4, -0.2) is 16.9 Å². The van der Waals surface area contributed by atoms with Crippen molar-refractivity contribution in [3.63, 3.8) is 0 Å². The lowest BCUT2D eigenvalue weighted by Gasteiger charge is -2.22. The number of benzene rings is 1. The second-order valence-electron chi connectivity index (χ2n) is 7.18. The quantitative estimate of drug-likeness (QED) is 0.490. The van der Waals surface area contributed by atoms with Crippen molar-refractivity contribution in [1.29, 1.82) is 0 Å². The molecule has 0 unspecified atom stereocenters. The summed E-state index contributed by atoms with van der Waals surface area (Å²) in [6.45, 7) is 2.19. The van der Waals surface area contributed by atoms with E-state index in [0.717, 1.165) is 54.7 Å². The summed E-state index contributed by atoms with van der Waals surface area (Å²) in [5.41, 5.74) is 1.67. The van der Waals surface area contributed by atoms with Gasteiger partial charge in [-0.3, -0.25) is 4.79 Å². The van der Waals surface area contributed by atoms with Crippen molar-refractivity contribution in [2.24, 2.45) is 0 Å². The Morgan fingerprint density at radius 1 is 1.22 bits per heavy atom. The molecular formula is C21H26Cl2N2OS. The molecule has 27 heavy (non-hydrogen) atoms. The maximum absolute atomic E-state index is 12.8. The zero-order valence-corrected chi connectivity index (χ0v) is 18.0. The molecule has 0 spiro atoms. The predicted molar refractivity (Wildman–Crippen MR) is 115 cm³/mol. The van der Waals surface area contributed by atoms with E-state index in [1.54, 1.807) is 6.07 Å². The number of carbonyl (C=O) groups is 1. The molecule has 2 aromatic rings. The second kappa shape index (κ2) is 9.90. The summed E-state index contributed by atoms with van der Waals surface area (Å²) in [6, 6.07) is 5.72. The molecule has 1 aliphatic carbocycles. The zero-order chi connectivity index (χ0) is 19.2. The van der Waals surface area contributed by atoms with Gasteiger partial charge in [-0.2, -0.15) is 0 Å². The Morgan fingerprint density at radius 3 is 2.70 bits per heavy atom. The fourth-order valence-corrected chi connectivity index (χ4v) is 5.06. The third-order valence-corrected chi connectivity index (χ3v) is 6.69. The summed E-state index contributed by atoms with van der Waals surface area (Å²) >= 11 is 14.0. The van der Waals surface area contributed by atoms with Crippen molar-refractivity contribution in [1.82, 2.24) is 10.3 Å². The molecule has 0 saturated heterocycles. The van der Waals surface area contributed by atoms with Crippen LogP contribution in [0.15, 0.2) is 18.2 Å². The number of halogens is 2. The van der Waals surface area contributed by atoms with E-state index in [2.05, 4.69) is 12.2 Å². The number of hydrogen-bond acceptors (Lipinski definition) is 3. The lowest BCUT2D eigenvalue weighted by Crippen LogP contribution is -2.36. The Balaban J connectivity index is 1.85. The maximum Gasteiger partial charge on any atom is 0.280 e. The van der Waals surface area contributed by atoms with Gasteiger partial charge in [-0.25, -0.2) is 4.98 Å². The van der Waals surface area contributed by atoms with E-state index in [9.17, 15) is 4.79 Å². The van der Waals surface area contributed by atoms with Gasteiger partial charge >= 0.3 is 0 Å². The normalized spacial score (nSPS) is 15.1. The van der Waals surface area contributed by atoms with Gasteiger partial charge in [-0.15, -0.1) is 11.3 Å². The predicted octanol–water partition coefficient (Wildman–Crippen LogP) is 6.91. The van der Waals surface area contributed by atoms with E-state index >= 15 is 0 Å². The van der Waals surface area contributed by atoms with Crippen molar-refractivity contribution in [3.8, 4) is 11.3 Å². The van der Waals surface area contributed by atoms with E-state index < -0.39 is 0 Å². The summed E-state index contributed by atoms with van der Waals surface area (Å²) in [5, 5.41) is 4.88. The first-order valence-electron chi connectivity index (χ1n) is 9.84. The van der Waals surface area contributed by atoms with Crippen LogP contribution in [0.4, 0.5) is 0 Å². The molecule has 1 aliphatic rings. The molecule has 0 radical (unpaired) electrons. The highest BCUT2D eigenvalue weighted by atomic mass is 35.5. The number of carbonyl (C=O) groups excluding carboxylic acids is 1. The summed E-state index contributed by atoms with van der Waals surface area (Å²) in [6.07, 6.45) is 10.1. The van der Waals surface area contributed by atoms with Gasteiger partial charge in [0.25, 0.3) is 5.91 Å². The lowest BCUT2D eigenvalue weighted by molar-refractivity contribution is 0.0927.